The lowest BCUT2D eigenvalue weighted by Crippen LogP contribution is -2.45. The molecular weight excluding hydrogens is 431 g/mol. The number of amides is 1. The molecule has 4 aromatic rings. The van der Waals surface area contributed by atoms with Crippen molar-refractivity contribution in [2.75, 3.05) is 0 Å². The van der Waals surface area contributed by atoms with Gasteiger partial charge in [0, 0.05) is 29.2 Å². The zero-order valence-corrected chi connectivity index (χ0v) is 19.0. The number of aromatic nitrogens is 3. The van der Waals surface area contributed by atoms with E-state index in [2.05, 4.69) is 15.3 Å². The molecule has 1 aliphatic rings. The molecule has 1 aliphatic carbocycles. The maximum absolute atomic E-state index is 15.1. The molecule has 0 spiro atoms. The summed E-state index contributed by atoms with van der Waals surface area (Å²) in [5.74, 6) is -0.599. The topological polar surface area (TPSA) is 80.0 Å². The lowest BCUT2D eigenvalue weighted by Gasteiger charge is -2.28. The molecule has 7 heteroatoms. The summed E-state index contributed by atoms with van der Waals surface area (Å²) in [6.45, 7) is 2.16. The van der Waals surface area contributed by atoms with Crippen molar-refractivity contribution in [2.24, 2.45) is 0 Å². The van der Waals surface area contributed by atoms with Crippen LogP contribution in [0.4, 0.5) is 4.39 Å². The SMILES string of the molecule is Cc1cccc(-c2ccc(Cn3cc(C(=O)N[C@H]4CCCC[C@@H]4O)c4ncccc43)c(F)c2)n1. The van der Waals surface area contributed by atoms with Gasteiger partial charge >= 0.3 is 0 Å². The van der Waals surface area contributed by atoms with Crippen LogP contribution in [-0.4, -0.2) is 37.7 Å². The fourth-order valence-electron chi connectivity index (χ4n) is 4.67. The van der Waals surface area contributed by atoms with E-state index in [0.717, 1.165) is 41.7 Å². The molecule has 1 fully saturated rings. The van der Waals surface area contributed by atoms with E-state index < -0.39 is 6.10 Å². The smallest absolute Gasteiger partial charge is 0.255 e. The monoisotopic (exact) mass is 458 g/mol. The van der Waals surface area contributed by atoms with Gasteiger partial charge in [0.2, 0.25) is 0 Å². The Morgan fingerprint density at radius 3 is 2.82 bits per heavy atom. The maximum atomic E-state index is 15.1. The van der Waals surface area contributed by atoms with E-state index in [9.17, 15) is 9.90 Å². The minimum Gasteiger partial charge on any atom is -0.391 e. The molecular formula is C27H27FN4O2. The maximum Gasteiger partial charge on any atom is 0.255 e. The van der Waals surface area contributed by atoms with E-state index >= 15 is 4.39 Å². The Morgan fingerprint density at radius 2 is 2.03 bits per heavy atom. The molecule has 1 saturated carbocycles. The molecule has 174 valence electrons. The summed E-state index contributed by atoms with van der Waals surface area (Å²) in [7, 11) is 0. The van der Waals surface area contributed by atoms with Gasteiger partial charge in [0.15, 0.2) is 0 Å². The van der Waals surface area contributed by atoms with Gasteiger partial charge in [-0.3, -0.25) is 14.8 Å². The lowest BCUT2D eigenvalue weighted by atomic mass is 9.92. The van der Waals surface area contributed by atoms with Gasteiger partial charge in [-0.1, -0.05) is 31.0 Å². The molecule has 0 aliphatic heterocycles. The fourth-order valence-corrected chi connectivity index (χ4v) is 4.67. The summed E-state index contributed by atoms with van der Waals surface area (Å²) in [4.78, 5) is 22.0. The van der Waals surface area contributed by atoms with Gasteiger partial charge in [0.1, 0.15) is 11.3 Å². The number of aliphatic hydroxyl groups excluding tert-OH is 1. The van der Waals surface area contributed by atoms with Crippen molar-refractivity contribution in [1.82, 2.24) is 19.9 Å². The van der Waals surface area contributed by atoms with Gasteiger partial charge in [-0.2, -0.15) is 0 Å². The number of nitrogens with one attached hydrogen (secondary N) is 1. The van der Waals surface area contributed by atoms with Crippen LogP contribution in [-0.2, 0) is 6.54 Å². The number of pyridine rings is 2. The summed E-state index contributed by atoms with van der Waals surface area (Å²) in [6, 6.07) is 14.2. The Kier molecular flexibility index (Phi) is 6.11. The van der Waals surface area contributed by atoms with Crippen LogP contribution in [0.5, 0.6) is 0 Å². The standard InChI is InChI=1S/C27H27FN4O2/c1-17-6-4-8-22(30-17)18-11-12-19(21(28)14-18)15-32-16-20(26-24(32)9-5-13-29-26)27(34)31-23-7-2-3-10-25(23)33/h4-6,8-9,11-14,16,23,25,33H,2-3,7,10,15H2,1H3,(H,31,34)/t23-,25-/m0/s1. The minimum absolute atomic E-state index is 0.259. The van der Waals surface area contributed by atoms with Crippen molar-refractivity contribution in [2.45, 2.75) is 51.3 Å². The van der Waals surface area contributed by atoms with Gasteiger partial charge in [-0.15, -0.1) is 0 Å². The zero-order chi connectivity index (χ0) is 23.7. The van der Waals surface area contributed by atoms with Crippen molar-refractivity contribution in [3.05, 3.63) is 83.6 Å². The molecule has 2 N–H and O–H groups in total. The average Bonchev–Trinajstić information content (AvgIpc) is 3.20. The molecule has 0 unspecified atom stereocenters. The number of fused-ring (bicyclic) bond motifs is 1. The van der Waals surface area contributed by atoms with Crippen LogP contribution in [0.15, 0.2) is 60.9 Å². The Labute approximate surface area is 197 Å². The van der Waals surface area contributed by atoms with E-state index in [1.54, 1.807) is 24.5 Å². The van der Waals surface area contributed by atoms with Crippen LogP contribution < -0.4 is 5.32 Å². The molecule has 1 amide bonds. The summed E-state index contributed by atoms with van der Waals surface area (Å²) in [6.07, 6.45) is 6.23. The highest BCUT2D eigenvalue weighted by atomic mass is 19.1. The van der Waals surface area contributed by atoms with Gasteiger partial charge in [-0.25, -0.2) is 4.39 Å². The third-order valence-electron chi connectivity index (χ3n) is 6.50. The Morgan fingerprint density at radius 1 is 1.18 bits per heavy atom. The molecule has 3 aromatic heterocycles. The Hall–Kier alpha value is -3.58. The molecule has 2 atom stereocenters. The number of halogens is 1. The zero-order valence-electron chi connectivity index (χ0n) is 19.0. The molecule has 0 radical (unpaired) electrons. The number of rotatable bonds is 5. The number of benzene rings is 1. The van der Waals surface area contributed by atoms with E-state index in [0.29, 0.717) is 23.1 Å². The Bertz CT molecular complexity index is 1350. The first-order chi connectivity index (χ1) is 16.5. The molecule has 5 rings (SSSR count). The van der Waals surface area contributed by atoms with Crippen molar-refractivity contribution in [3.63, 3.8) is 0 Å². The van der Waals surface area contributed by atoms with Crippen LogP contribution in [0.25, 0.3) is 22.3 Å². The highest BCUT2D eigenvalue weighted by molar-refractivity contribution is 6.05. The molecule has 1 aromatic carbocycles. The van der Waals surface area contributed by atoms with Gasteiger partial charge in [0.25, 0.3) is 5.91 Å². The summed E-state index contributed by atoms with van der Waals surface area (Å²) < 4.78 is 16.9. The highest BCUT2D eigenvalue weighted by Gasteiger charge is 2.26. The van der Waals surface area contributed by atoms with E-state index in [1.165, 1.54) is 6.07 Å². The molecule has 6 nitrogen and oxygen atoms in total. The first-order valence-corrected chi connectivity index (χ1v) is 11.6. The van der Waals surface area contributed by atoms with Gasteiger partial charge in [0.05, 0.1) is 35.5 Å². The lowest BCUT2D eigenvalue weighted by molar-refractivity contribution is 0.0718. The summed E-state index contributed by atoms with van der Waals surface area (Å²) >= 11 is 0. The number of hydrogen-bond donors (Lipinski definition) is 2. The predicted molar refractivity (Wildman–Crippen MR) is 129 cm³/mol. The van der Waals surface area contributed by atoms with Crippen LogP contribution in [0.1, 0.15) is 47.3 Å². The van der Waals surface area contributed by atoms with Crippen molar-refractivity contribution >= 4 is 16.9 Å². The van der Waals surface area contributed by atoms with Crippen molar-refractivity contribution < 1.29 is 14.3 Å². The molecule has 0 bridgehead atoms. The van der Waals surface area contributed by atoms with Crippen LogP contribution in [0, 0.1) is 12.7 Å². The highest BCUT2D eigenvalue weighted by Crippen LogP contribution is 2.25. The van der Waals surface area contributed by atoms with Gasteiger partial charge in [-0.05, 0) is 50.1 Å². The Balaban J connectivity index is 1.43. The minimum atomic E-state index is -0.533. The summed E-state index contributed by atoms with van der Waals surface area (Å²) in [5, 5.41) is 13.2. The van der Waals surface area contributed by atoms with Gasteiger partial charge < -0.3 is 15.0 Å². The normalized spacial score (nSPS) is 18.2. The number of carbonyl (C=O) groups is 1. The van der Waals surface area contributed by atoms with E-state index in [4.69, 9.17) is 0 Å². The van der Waals surface area contributed by atoms with Crippen LogP contribution in [0.3, 0.4) is 0 Å². The molecule has 3 heterocycles. The quantitative estimate of drug-likeness (QED) is 0.457. The number of aliphatic hydroxyl groups is 1. The largest absolute Gasteiger partial charge is 0.391 e. The second-order valence-electron chi connectivity index (χ2n) is 8.94. The van der Waals surface area contributed by atoms with Crippen molar-refractivity contribution in [3.8, 4) is 11.3 Å². The predicted octanol–water partition coefficient (Wildman–Crippen LogP) is 4.63. The van der Waals surface area contributed by atoms with Crippen LogP contribution >= 0.6 is 0 Å². The fraction of sp³-hybridized carbons (Fsp3) is 0.296. The van der Waals surface area contributed by atoms with Crippen LogP contribution in [0.2, 0.25) is 0 Å². The summed E-state index contributed by atoms with van der Waals surface area (Å²) in [5.41, 5.74) is 4.56. The number of carbonyl (C=O) groups excluding carboxylic acids is 1. The first kappa shape index (κ1) is 22.2. The molecule has 0 saturated heterocycles. The number of aryl methyl sites for hydroxylation is 1. The first-order valence-electron chi connectivity index (χ1n) is 11.6. The van der Waals surface area contributed by atoms with E-state index in [1.807, 2.05) is 41.8 Å². The third-order valence-corrected chi connectivity index (χ3v) is 6.50. The number of hydrogen-bond acceptors (Lipinski definition) is 4. The second kappa shape index (κ2) is 9.35. The molecule has 34 heavy (non-hydrogen) atoms. The van der Waals surface area contributed by atoms with Crippen molar-refractivity contribution in [1.29, 1.82) is 0 Å². The second-order valence-corrected chi connectivity index (χ2v) is 8.94. The average molecular weight is 459 g/mol. The van der Waals surface area contributed by atoms with E-state index in [-0.39, 0.29) is 24.3 Å². The number of nitrogens with zero attached hydrogens (tertiary/aromatic N) is 3. The third kappa shape index (κ3) is 4.43.